The first kappa shape index (κ1) is 17.0. The minimum Gasteiger partial charge on any atom is -0.496 e. The van der Waals surface area contributed by atoms with Crippen LogP contribution in [0.1, 0.15) is 18.1 Å². The predicted molar refractivity (Wildman–Crippen MR) is 94.0 cm³/mol. The number of rotatable bonds is 8. The Hall–Kier alpha value is -2.33. The molecule has 0 aromatic heterocycles. The van der Waals surface area contributed by atoms with Crippen LogP contribution in [0, 0.1) is 0 Å². The number of carbonyl (C=O) groups excluding carboxylic acids is 1. The molecule has 0 aliphatic heterocycles. The van der Waals surface area contributed by atoms with E-state index in [0.29, 0.717) is 6.54 Å². The molecule has 23 heavy (non-hydrogen) atoms. The topological polar surface area (TPSA) is 50.4 Å². The number of aryl methyl sites for hydroxylation is 1. The molecule has 0 aliphatic rings. The number of methoxy groups -OCH3 is 1. The second kappa shape index (κ2) is 8.96. The fraction of sp³-hybridized carbons (Fsp3) is 0.316. The summed E-state index contributed by atoms with van der Waals surface area (Å²) in [5.74, 6) is 0.851. The summed E-state index contributed by atoms with van der Waals surface area (Å²) >= 11 is 0. The summed E-state index contributed by atoms with van der Waals surface area (Å²) < 4.78 is 5.31. The fourth-order valence-corrected chi connectivity index (χ4v) is 2.36. The maximum Gasteiger partial charge on any atom is 0.238 e. The number of hydrogen-bond donors (Lipinski definition) is 2. The van der Waals surface area contributed by atoms with Crippen LogP contribution in [-0.2, 0) is 17.6 Å². The summed E-state index contributed by atoms with van der Waals surface area (Å²) in [5.41, 5.74) is 3.23. The van der Waals surface area contributed by atoms with Gasteiger partial charge in [0, 0.05) is 5.69 Å². The van der Waals surface area contributed by atoms with Crippen molar-refractivity contribution in [2.75, 3.05) is 25.5 Å². The third-order valence-electron chi connectivity index (χ3n) is 3.70. The highest BCUT2D eigenvalue weighted by atomic mass is 16.5. The molecule has 0 radical (unpaired) electrons. The lowest BCUT2D eigenvalue weighted by molar-refractivity contribution is -0.115. The van der Waals surface area contributed by atoms with Crippen molar-refractivity contribution in [1.82, 2.24) is 5.32 Å². The van der Waals surface area contributed by atoms with Crippen LogP contribution in [0.3, 0.4) is 0 Å². The quantitative estimate of drug-likeness (QED) is 0.737. The molecule has 0 fully saturated rings. The molecule has 122 valence electrons. The molecular weight excluding hydrogens is 288 g/mol. The fourth-order valence-electron chi connectivity index (χ4n) is 2.36. The van der Waals surface area contributed by atoms with E-state index in [-0.39, 0.29) is 5.91 Å². The van der Waals surface area contributed by atoms with Crippen molar-refractivity contribution in [3.63, 3.8) is 0 Å². The monoisotopic (exact) mass is 312 g/mol. The van der Waals surface area contributed by atoms with Crippen molar-refractivity contribution < 1.29 is 9.53 Å². The number of nitrogens with one attached hydrogen (secondary N) is 2. The Morgan fingerprint density at radius 1 is 1.09 bits per heavy atom. The lowest BCUT2D eigenvalue weighted by Crippen LogP contribution is -2.29. The van der Waals surface area contributed by atoms with Gasteiger partial charge < -0.3 is 15.4 Å². The van der Waals surface area contributed by atoms with E-state index in [9.17, 15) is 4.79 Å². The van der Waals surface area contributed by atoms with E-state index < -0.39 is 0 Å². The predicted octanol–water partition coefficient (Wildman–Crippen LogP) is 3.03. The second-order valence-electron chi connectivity index (χ2n) is 5.34. The molecular formula is C19H24N2O2. The van der Waals surface area contributed by atoms with E-state index in [1.54, 1.807) is 7.11 Å². The first-order valence-corrected chi connectivity index (χ1v) is 7.94. The SMILES string of the molecule is CCc1ccc(NC(=O)CNCCc2ccccc2OC)cc1. The molecule has 0 unspecified atom stereocenters. The summed E-state index contributed by atoms with van der Waals surface area (Å²) in [5, 5.41) is 6.05. The van der Waals surface area contributed by atoms with Gasteiger partial charge in [-0.3, -0.25) is 4.79 Å². The van der Waals surface area contributed by atoms with Crippen LogP contribution in [0.2, 0.25) is 0 Å². The number of carbonyl (C=O) groups is 1. The minimum absolute atomic E-state index is 0.0331. The molecule has 0 aliphatic carbocycles. The summed E-state index contributed by atoms with van der Waals surface area (Å²) in [7, 11) is 1.67. The Bertz CT molecular complexity index is 624. The van der Waals surface area contributed by atoms with E-state index >= 15 is 0 Å². The average molecular weight is 312 g/mol. The number of amides is 1. The van der Waals surface area contributed by atoms with Crippen LogP contribution in [-0.4, -0.2) is 26.1 Å². The van der Waals surface area contributed by atoms with E-state index in [2.05, 4.69) is 17.6 Å². The van der Waals surface area contributed by atoms with Crippen LogP contribution < -0.4 is 15.4 Å². The highest BCUT2D eigenvalue weighted by Crippen LogP contribution is 2.17. The number of anilines is 1. The van der Waals surface area contributed by atoms with Crippen molar-refractivity contribution in [1.29, 1.82) is 0 Å². The molecule has 0 spiro atoms. The minimum atomic E-state index is -0.0331. The van der Waals surface area contributed by atoms with Gasteiger partial charge in [-0.25, -0.2) is 0 Å². The molecule has 2 aromatic rings. The molecule has 0 saturated heterocycles. The largest absolute Gasteiger partial charge is 0.496 e. The van der Waals surface area contributed by atoms with Gasteiger partial charge in [0.25, 0.3) is 0 Å². The third kappa shape index (κ3) is 5.42. The van der Waals surface area contributed by atoms with Gasteiger partial charge in [0.2, 0.25) is 5.91 Å². The van der Waals surface area contributed by atoms with E-state index in [0.717, 1.165) is 36.4 Å². The smallest absolute Gasteiger partial charge is 0.238 e. The Balaban J connectivity index is 1.72. The maximum atomic E-state index is 11.9. The molecule has 0 heterocycles. The van der Waals surface area contributed by atoms with Gasteiger partial charge in [-0.2, -0.15) is 0 Å². The van der Waals surface area contributed by atoms with Crippen molar-refractivity contribution in [3.8, 4) is 5.75 Å². The molecule has 2 N–H and O–H groups in total. The summed E-state index contributed by atoms with van der Waals surface area (Å²) in [4.78, 5) is 11.9. The zero-order valence-electron chi connectivity index (χ0n) is 13.8. The van der Waals surface area contributed by atoms with E-state index in [1.165, 1.54) is 5.56 Å². The first-order chi connectivity index (χ1) is 11.2. The van der Waals surface area contributed by atoms with Crippen LogP contribution in [0.5, 0.6) is 5.75 Å². The van der Waals surface area contributed by atoms with Crippen LogP contribution >= 0.6 is 0 Å². The van der Waals surface area contributed by atoms with Gasteiger partial charge in [0.15, 0.2) is 0 Å². The Kier molecular flexibility index (Phi) is 6.63. The van der Waals surface area contributed by atoms with Gasteiger partial charge in [-0.1, -0.05) is 37.3 Å². The molecule has 1 amide bonds. The molecule has 0 saturated carbocycles. The summed E-state index contributed by atoms with van der Waals surface area (Å²) in [6, 6.07) is 15.9. The van der Waals surface area contributed by atoms with E-state index in [1.807, 2.05) is 48.5 Å². The van der Waals surface area contributed by atoms with Gasteiger partial charge in [-0.05, 0) is 48.7 Å². The van der Waals surface area contributed by atoms with Gasteiger partial charge in [-0.15, -0.1) is 0 Å². The normalized spacial score (nSPS) is 10.3. The molecule has 2 aromatic carbocycles. The standard InChI is InChI=1S/C19H24N2O2/c1-3-15-8-10-17(11-9-15)21-19(22)14-20-13-12-16-6-4-5-7-18(16)23-2/h4-11,20H,3,12-14H2,1-2H3,(H,21,22). The molecule has 4 nitrogen and oxygen atoms in total. The van der Waals surface area contributed by atoms with Crippen LogP contribution in [0.4, 0.5) is 5.69 Å². The van der Waals surface area contributed by atoms with Crippen LogP contribution in [0.25, 0.3) is 0 Å². The highest BCUT2D eigenvalue weighted by molar-refractivity contribution is 5.92. The number of ether oxygens (including phenoxy) is 1. The Labute approximate surface area is 137 Å². The Morgan fingerprint density at radius 2 is 1.83 bits per heavy atom. The molecule has 0 atom stereocenters. The molecule has 2 rings (SSSR count). The van der Waals surface area contributed by atoms with Crippen molar-refractivity contribution in [3.05, 3.63) is 59.7 Å². The number of para-hydroxylation sites is 1. The second-order valence-corrected chi connectivity index (χ2v) is 5.34. The van der Waals surface area contributed by atoms with E-state index in [4.69, 9.17) is 4.74 Å². The third-order valence-corrected chi connectivity index (χ3v) is 3.70. The highest BCUT2D eigenvalue weighted by Gasteiger charge is 2.04. The first-order valence-electron chi connectivity index (χ1n) is 7.94. The Morgan fingerprint density at radius 3 is 2.52 bits per heavy atom. The molecule has 0 bridgehead atoms. The van der Waals surface area contributed by atoms with Crippen molar-refractivity contribution in [2.24, 2.45) is 0 Å². The zero-order chi connectivity index (χ0) is 16.5. The molecule has 4 heteroatoms. The maximum absolute atomic E-state index is 11.9. The number of benzene rings is 2. The summed E-state index contributed by atoms with van der Waals surface area (Å²) in [6.45, 7) is 3.13. The zero-order valence-corrected chi connectivity index (χ0v) is 13.8. The van der Waals surface area contributed by atoms with Crippen molar-refractivity contribution in [2.45, 2.75) is 19.8 Å². The van der Waals surface area contributed by atoms with Gasteiger partial charge >= 0.3 is 0 Å². The average Bonchev–Trinajstić information content (AvgIpc) is 2.59. The van der Waals surface area contributed by atoms with Gasteiger partial charge in [0.05, 0.1) is 13.7 Å². The lowest BCUT2D eigenvalue weighted by atomic mass is 10.1. The summed E-state index contributed by atoms with van der Waals surface area (Å²) in [6.07, 6.45) is 1.82. The van der Waals surface area contributed by atoms with Crippen LogP contribution in [0.15, 0.2) is 48.5 Å². The number of hydrogen-bond acceptors (Lipinski definition) is 3. The lowest BCUT2D eigenvalue weighted by Gasteiger charge is -2.09. The van der Waals surface area contributed by atoms with Gasteiger partial charge in [0.1, 0.15) is 5.75 Å². The van der Waals surface area contributed by atoms with Crippen molar-refractivity contribution >= 4 is 11.6 Å².